The first kappa shape index (κ1) is 10.6. The molecular formula is C11H10N2O2S. The number of furan rings is 1. The van der Waals surface area contributed by atoms with Crippen LogP contribution in [0.2, 0.25) is 0 Å². The number of aromatic nitrogens is 1. The number of nitrogens with zero attached hydrogens (tertiary/aromatic N) is 2. The molecule has 0 aliphatic carbocycles. The van der Waals surface area contributed by atoms with E-state index in [1.807, 2.05) is 18.6 Å². The van der Waals surface area contributed by atoms with Gasteiger partial charge in [-0.2, -0.15) is 4.99 Å². The number of thiazole rings is 1. The Labute approximate surface area is 96.2 Å². The molecule has 0 N–H and O–H groups in total. The van der Waals surface area contributed by atoms with E-state index < -0.39 is 0 Å². The van der Waals surface area contributed by atoms with Gasteiger partial charge in [0.25, 0.3) is 5.91 Å². The highest BCUT2D eigenvalue weighted by molar-refractivity contribution is 7.07. The van der Waals surface area contributed by atoms with Crippen LogP contribution < -0.4 is 4.80 Å². The van der Waals surface area contributed by atoms with E-state index in [2.05, 4.69) is 4.99 Å². The molecule has 82 valence electrons. The predicted molar refractivity (Wildman–Crippen MR) is 61.6 cm³/mol. The smallest absolute Gasteiger partial charge is 0.272 e. The van der Waals surface area contributed by atoms with Crippen molar-refractivity contribution in [3.8, 4) is 0 Å². The zero-order valence-electron chi connectivity index (χ0n) is 8.66. The third-order valence-corrected chi connectivity index (χ3v) is 2.75. The summed E-state index contributed by atoms with van der Waals surface area (Å²) in [7, 11) is 1.85. The molecule has 4 nitrogen and oxygen atoms in total. The summed E-state index contributed by atoms with van der Waals surface area (Å²) in [5.74, 6) is 0.341. The Hall–Kier alpha value is -1.88. The van der Waals surface area contributed by atoms with Gasteiger partial charge in [-0.1, -0.05) is 0 Å². The Morgan fingerprint density at radius 2 is 2.50 bits per heavy atom. The Balaban J connectivity index is 2.14. The highest BCUT2D eigenvalue weighted by atomic mass is 32.1. The fourth-order valence-corrected chi connectivity index (χ4v) is 1.84. The van der Waals surface area contributed by atoms with E-state index in [4.69, 9.17) is 4.42 Å². The number of hydrogen-bond donors (Lipinski definition) is 0. The van der Waals surface area contributed by atoms with Crippen LogP contribution in [-0.4, -0.2) is 10.5 Å². The lowest BCUT2D eigenvalue weighted by Gasteiger charge is -1.87. The second-order valence-electron chi connectivity index (χ2n) is 3.10. The van der Waals surface area contributed by atoms with Crippen LogP contribution >= 0.6 is 11.3 Å². The van der Waals surface area contributed by atoms with Crippen molar-refractivity contribution in [2.24, 2.45) is 12.0 Å². The minimum absolute atomic E-state index is 0.297. The fraction of sp³-hybridized carbons (Fsp3) is 0.0909. The predicted octanol–water partition coefficient (Wildman–Crippen LogP) is 1.82. The summed E-state index contributed by atoms with van der Waals surface area (Å²) in [6.45, 7) is 0. The van der Waals surface area contributed by atoms with Gasteiger partial charge in [-0.25, -0.2) is 0 Å². The number of carbonyl (C=O) groups excluding carboxylic acids is 1. The fourth-order valence-electron chi connectivity index (χ4n) is 1.11. The van der Waals surface area contributed by atoms with E-state index in [0.29, 0.717) is 10.6 Å². The SMILES string of the molecule is Cn1ccsc1=NC(=O)/C=C/c1ccco1. The molecule has 1 amide bonds. The largest absolute Gasteiger partial charge is 0.465 e. The molecule has 16 heavy (non-hydrogen) atoms. The third kappa shape index (κ3) is 2.58. The lowest BCUT2D eigenvalue weighted by molar-refractivity contribution is -0.113. The van der Waals surface area contributed by atoms with Crippen molar-refractivity contribution in [2.75, 3.05) is 0 Å². The first-order valence-electron chi connectivity index (χ1n) is 4.66. The third-order valence-electron chi connectivity index (χ3n) is 1.90. The minimum Gasteiger partial charge on any atom is -0.465 e. The summed E-state index contributed by atoms with van der Waals surface area (Å²) >= 11 is 1.42. The van der Waals surface area contributed by atoms with Crippen LogP contribution in [0.25, 0.3) is 6.08 Å². The molecule has 0 fully saturated rings. The molecular weight excluding hydrogens is 224 g/mol. The van der Waals surface area contributed by atoms with Gasteiger partial charge in [-0.3, -0.25) is 4.79 Å². The maximum Gasteiger partial charge on any atom is 0.272 e. The van der Waals surface area contributed by atoms with Crippen LogP contribution in [0.4, 0.5) is 0 Å². The van der Waals surface area contributed by atoms with Gasteiger partial charge in [-0.15, -0.1) is 11.3 Å². The molecule has 5 heteroatoms. The Bertz CT molecular complexity index is 561. The quantitative estimate of drug-likeness (QED) is 0.744. The lowest BCUT2D eigenvalue weighted by Crippen LogP contribution is -2.11. The van der Waals surface area contributed by atoms with Gasteiger partial charge in [0.15, 0.2) is 4.80 Å². The van der Waals surface area contributed by atoms with Gasteiger partial charge in [0, 0.05) is 24.7 Å². The molecule has 0 aliphatic heterocycles. The molecule has 0 saturated carbocycles. The van der Waals surface area contributed by atoms with E-state index in [1.165, 1.54) is 17.4 Å². The number of amides is 1. The molecule has 0 aliphatic rings. The second-order valence-corrected chi connectivity index (χ2v) is 3.97. The van der Waals surface area contributed by atoms with Gasteiger partial charge in [0.05, 0.1) is 6.26 Å². The molecule has 2 rings (SSSR count). The van der Waals surface area contributed by atoms with Crippen LogP contribution in [0.3, 0.4) is 0 Å². The van der Waals surface area contributed by atoms with Crippen LogP contribution in [0.1, 0.15) is 5.76 Å². The van der Waals surface area contributed by atoms with Crippen LogP contribution in [0, 0.1) is 0 Å². The molecule has 0 unspecified atom stereocenters. The summed E-state index contributed by atoms with van der Waals surface area (Å²) in [6.07, 6.45) is 6.39. The summed E-state index contributed by atoms with van der Waals surface area (Å²) in [4.78, 5) is 16.1. The lowest BCUT2D eigenvalue weighted by atomic mass is 10.4. The van der Waals surface area contributed by atoms with Crippen molar-refractivity contribution in [2.45, 2.75) is 0 Å². The van der Waals surface area contributed by atoms with Crippen LogP contribution in [0.15, 0.2) is 45.5 Å². The normalized spacial score (nSPS) is 12.4. The van der Waals surface area contributed by atoms with Crippen molar-refractivity contribution in [1.29, 1.82) is 0 Å². The molecule has 0 atom stereocenters. The Kier molecular flexibility index (Phi) is 3.16. The van der Waals surface area contributed by atoms with Crippen molar-refractivity contribution in [1.82, 2.24) is 4.57 Å². The first-order chi connectivity index (χ1) is 7.75. The molecule has 2 heterocycles. The van der Waals surface area contributed by atoms with Crippen LogP contribution in [-0.2, 0) is 11.8 Å². The summed E-state index contributed by atoms with van der Waals surface area (Å²) in [6, 6.07) is 3.54. The molecule has 0 saturated heterocycles. The molecule has 0 spiro atoms. The first-order valence-corrected chi connectivity index (χ1v) is 5.54. The highest BCUT2D eigenvalue weighted by Crippen LogP contribution is 2.02. The van der Waals surface area contributed by atoms with E-state index >= 15 is 0 Å². The topological polar surface area (TPSA) is 47.5 Å². The van der Waals surface area contributed by atoms with Gasteiger partial charge < -0.3 is 8.98 Å². The van der Waals surface area contributed by atoms with E-state index in [9.17, 15) is 4.79 Å². The summed E-state index contributed by atoms with van der Waals surface area (Å²) in [5.41, 5.74) is 0. The average molecular weight is 234 g/mol. The molecule has 2 aromatic rings. The monoisotopic (exact) mass is 234 g/mol. The van der Waals surface area contributed by atoms with Crippen molar-refractivity contribution in [3.63, 3.8) is 0 Å². The standard InChI is InChI=1S/C11H10N2O2S/c1-13-6-8-16-11(13)12-10(14)5-4-9-3-2-7-15-9/h2-8H,1H3/b5-4+,12-11?. The van der Waals surface area contributed by atoms with Gasteiger partial charge >= 0.3 is 0 Å². The molecule has 0 aromatic carbocycles. The molecule has 0 radical (unpaired) electrons. The van der Waals surface area contributed by atoms with E-state index in [-0.39, 0.29) is 5.91 Å². The van der Waals surface area contributed by atoms with Crippen LogP contribution in [0.5, 0.6) is 0 Å². The van der Waals surface area contributed by atoms with Gasteiger partial charge in [-0.05, 0) is 18.2 Å². The number of carbonyl (C=O) groups is 1. The van der Waals surface area contributed by atoms with Crippen molar-refractivity contribution >= 4 is 23.3 Å². The molecule has 0 bridgehead atoms. The zero-order chi connectivity index (χ0) is 11.4. The number of hydrogen-bond acceptors (Lipinski definition) is 3. The van der Waals surface area contributed by atoms with E-state index in [0.717, 1.165) is 0 Å². The summed E-state index contributed by atoms with van der Waals surface area (Å²) < 4.78 is 6.85. The number of rotatable bonds is 2. The zero-order valence-corrected chi connectivity index (χ0v) is 9.48. The minimum atomic E-state index is -0.297. The van der Waals surface area contributed by atoms with Gasteiger partial charge in [0.1, 0.15) is 5.76 Å². The number of aryl methyl sites for hydroxylation is 1. The average Bonchev–Trinajstić information content (AvgIpc) is 2.88. The Morgan fingerprint density at radius 1 is 1.62 bits per heavy atom. The highest BCUT2D eigenvalue weighted by Gasteiger charge is 1.95. The second kappa shape index (κ2) is 4.76. The maximum absolute atomic E-state index is 11.5. The maximum atomic E-state index is 11.5. The van der Waals surface area contributed by atoms with Crippen molar-refractivity contribution < 1.29 is 9.21 Å². The van der Waals surface area contributed by atoms with E-state index in [1.54, 1.807) is 29.0 Å². The summed E-state index contributed by atoms with van der Waals surface area (Å²) in [5, 5.41) is 1.88. The van der Waals surface area contributed by atoms with Gasteiger partial charge in [0.2, 0.25) is 0 Å². The van der Waals surface area contributed by atoms with Crippen molar-refractivity contribution in [3.05, 3.63) is 46.6 Å². The Morgan fingerprint density at radius 3 is 3.12 bits per heavy atom. The molecule has 2 aromatic heterocycles.